The van der Waals surface area contributed by atoms with Crippen molar-refractivity contribution in [2.45, 2.75) is 44.4 Å². The van der Waals surface area contributed by atoms with Gasteiger partial charge in [-0.05, 0) is 42.4 Å². The molecule has 5 nitrogen and oxygen atoms in total. The summed E-state index contributed by atoms with van der Waals surface area (Å²) in [6, 6.07) is 3.70. The van der Waals surface area contributed by atoms with E-state index in [1.54, 1.807) is 18.4 Å². The van der Waals surface area contributed by atoms with Crippen LogP contribution in [0.2, 0.25) is 0 Å². The highest BCUT2D eigenvalue weighted by Gasteiger charge is 2.32. The summed E-state index contributed by atoms with van der Waals surface area (Å²) in [4.78, 5) is 13.0. The highest BCUT2D eigenvalue weighted by Crippen LogP contribution is 2.47. The Labute approximate surface area is 161 Å². The summed E-state index contributed by atoms with van der Waals surface area (Å²) >= 11 is 1.33. The van der Waals surface area contributed by atoms with Crippen LogP contribution in [0.25, 0.3) is 16.7 Å². The minimum Gasteiger partial charge on any atom is -0.495 e. The van der Waals surface area contributed by atoms with Gasteiger partial charge in [-0.3, -0.25) is 4.40 Å². The zero-order valence-electron chi connectivity index (χ0n) is 14.9. The molecule has 140 valence electrons. The molecule has 2 aromatic rings. The first-order chi connectivity index (χ1) is 13.1. The van der Waals surface area contributed by atoms with Crippen molar-refractivity contribution in [3.05, 3.63) is 45.2 Å². The second-order valence-electron chi connectivity index (χ2n) is 7.46. The van der Waals surface area contributed by atoms with Crippen molar-refractivity contribution >= 4 is 34.4 Å². The standard InChI is InChI=1S/C21H21NO4S/c23-17-9-7-14-18(12-4-2-1-3-5-12)19-15(22(14)17)11-26-10-13-6-8-16(21(24)25)27-20(13)19/h7-9,11-12,23H,1-6,10H2,(H,24,25). The van der Waals surface area contributed by atoms with E-state index in [1.807, 2.05) is 10.5 Å². The SMILES string of the molecule is O=C(O)C1=CCC2=C(S1)c1c(C3CCCCC3)c3ccc(O)n3c1=COC2. The van der Waals surface area contributed by atoms with Crippen LogP contribution < -0.4 is 5.35 Å². The van der Waals surface area contributed by atoms with Crippen molar-refractivity contribution in [2.24, 2.45) is 0 Å². The van der Waals surface area contributed by atoms with Gasteiger partial charge in [-0.2, -0.15) is 0 Å². The lowest BCUT2D eigenvalue weighted by atomic mass is 9.82. The predicted octanol–water partition coefficient (Wildman–Crippen LogP) is 4.00. The number of carbonyl (C=O) groups is 1. The summed E-state index contributed by atoms with van der Waals surface area (Å²) in [6.45, 7) is 0.452. The van der Waals surface area contributed by atoms with Crippen molar-refractivity contribution in [1.82, 2.24) is 4.40 Å². The Morgan fingerprint density at radius 3 is 2.81 bits per heavy atom. The lowest BCUT2D eigenvalue weighted by Gasteiger charge is -2.24. The number of ether oxygens (including phenoxy) is 1. The van der Waals surface area contributed by atoms with Crippen LogP contribution in [-0.2, 0) is 9.53 Å². The van der Waals surface area contributed by atoms with Gasteiger partial charge in [0.25, 0.3) is 0 Å². The van der Waals surface area contributed by atoms with E-state index in [0.29, 0.717) is 23.9 Å². The van der Waals surface area contributed by atoms with Crippen LogP contribution in [0.1, 0.15) is 55.6 Å². The van der Waals surface area contributed by atoms with Crippen molar-refractivity contribution in [3.8, 4) is 5.88 Å². The minimum absolute atomic E-state index is 0.196. The number of aromatic hydroxyl groups is 1. The predicted molar refractivity (Wildman–Crippen MR) is 105 cm³/mol. The van der Waals surface area contributed by atoms with Crippen molar-refractivity contribution in [1.29, 1.82) is 0 Å². The number of allylic oxidation sites excluding steroid dienone is 1. The summed E-state index contributed by atoms with van der Waals surface area (Å²) in [5, 5.41) is 20.8. The van der Waals surface area contributed by atoms with Crippen LogP contribution >= 0.6 is 11.8 Å². The smallest absolute Gasteiger partial charge is 0.342 e. The molecule has 6 heteroatoms. The fourth-order valence-electron chi connectivity index (χ4n) is 4.66. The third kappa shape index (κ3) is 2.57. The lowest BCUT2D eigenvalue weighted by molar-refractivity contribution is -0.131. The molecule has 0 unspecified atom stereocenters. The summed E-state index contributed by atoms with van der Waals surface area (Å²) in [5.41, 5.74) is 4.45. The molecule has 5 rings (SSSR count). The molecule has 0 saturated heterocycles. The van der Waals surface area contributed by atoms with Crippen LogP contribution in [0.4, 0.5) is 0 Å². The lowest BCUT2D eigenvalue weighted by Crippen LogP contribution is -2.14. The second-order valence-corrected chi connectivity index (χ2v) is 8.51. The van der Waals surface area contributed by atoms with Gasteiger partial charge >= 0.3 is 5.97 Å². The highest BCUT2D eigenvalue weighted by molar-refractivity contribution is 8.12. The van der Waals surface area contributed by atoms with Crippen molar-refractivity contribution in [2.75, 3.05) is 6.61 Å². The number of hydrogen-bond acceptors (Lipinski definition) is 4. The topological polar surface area (TPSA) is 71.2 Å². The molecule has 1 aliphatic carbocycles. The summed E-state index contributed by atoms with van der Waals surface area (Å²) in [6.07, 6.45) is 10.0. The van der Waals surface area contributed by atoms with E-state index in [4.69, 9.17) is 4.74 Å². The van der Waals surface area contributed by atoms with E-state index >= 15 is 0 Å². The molecule has 0 atom stereocenters. The van der Waals surface area contributed by atoms with Gasteiger partial charge in [0.1, 0.15) is 12.9 Å². The Kier molecular flexibility index (Phi) is 3.97. The number of aromatic nitrogens is 1. The molecule has 0 spiro atoms. The number of thioether (sulfide) groups is 1. The maximum absolute atomic E-state index is 11.6. The molecular formula is C21H21NO4S. The van der Waals surface area contributed by atoms with Gasteiger partial charge in [-0.25, -0.2) is 4.79 Å². The third-order valence-corrected chi connectivity index (χ3v) is 7.13. The monoisotopic (exact) mass is 383 g/mol. The first kappa shape index (κ1) is 16.8. The van der Waals surface area contributed by atoms with Crippen LogP contribution in [0.15, 0.2) is 28.7 Å². The van der Waals surface area contributed by atoms with Gasteiger partial charge in [0, 0.05) is 16.5 Å². The molecule has 0 radical (unpaired) electrons. The van der Waals surface area contributed by atoms with Crippen LogP contribution in [0.3, 0.4) is 0 Å². The summed E-state index contributed by atoms with van der Waals surface area (Å²) < 4.78 is 7.67. The number of carboxylic acid groups (broad SMARTS) is 1. The molecule has 0 amide bonds. The highest BCUT2D eigenvalue weighted by atomic mass is 32.2. The van der Waals surface area contributed by atoms with Crippen molar-refractivity contribution in [3.63, 3.8) is 0 Å². The average molecular weight is 383 g/mol. The number of rotatable bonds is 2. The fourth-order valence-corrected chi connectivity index (χ4v) is 5.74. The molecule has 2 aromatic heterocycles. The summed E-state index contributed by atoms with van der Waals surface area (Å²) in [5.74, 6) is -0.260. The fraction of sp³-hybridized carbons (Fsp3) is 0.381. The van der Waals surface area contributed by atoms with Gasteiger partial charge in [0.2, 0.25) is 0 Å². The molecule has 3 aliphatic rings. The Hall–Kier alpha value is -2.34. The largest absolute Gasteiger partial charge is 0.495 e. The van der Waals surface area contributed by atoms with Gasteiger partial charge in [-0.1, -0.05) is 37.1 Å². The van der Waals surface area contributed by atoms with Gasteiger partial charge in [0.05, 0.1) is 15.8 Å². The van der Waals surface area contributed by atoms with E-state index in [9.17, 15) is 15.0 Å². The number of nitrogens with zero attached hydrogens (tertiary/aromatic N) is 1. The average Bonchev–Trinajstić information content (AvgIpc) is 3.14. The summed E-state index contributed by atoms with van der Waals surface area (Å²) in [7, 11) is 0. The van der Waals surface area contributed by atoms with E-state index < -0.39 is 5.97 Å². The van der Waals surface area contributed by atoms with E-state index in [-0.39, 0.29) is 5.88 Å². The molecule has 0 aromatic carbocycles. The number of fused-ring (bicyclic) bond motifs is 4. The first-order valence-electron chi connectivity index (χ1n) is 9.46. The Balaban J connectivity index is 1.77. The Bertz CT molecular complexity index is 1060. The first-order valence-corrected chi connectivity index (χ1v) is 10.3. The van der Waals surface area contributed by atoms with Crippen LogP contribution in [0, 0.1) is 0 Å². The maximum atomic E-state index is 11.6. The number of carboxylic acids is 1. The molecule has 1 saturated carbocycles. The maximum Gasteiger partial charge on any atom is 0.342 e. The van der Waals surface area contributed by atoms with Crippen molar-refractivity contribution < 1.29 is 19.7 Å². The van der Waals surface area contributed by atoms with Crippen LogP contribution in [0.5, 0.6) is 5.88 Å². The molecule has 0 bridgehead atoms. The zero-order valence-corrected chi connectivity index (χ0v) is 15.7. The van der Waals surface area contributed by atoms with E-state index in [2.05, 4.69) is 0 Å². The molecule has 1 fully saturated rings. The van der Waals surface area contributed by atoms with Gasteiger partial charge < -0.3 is 14.9 Å². The van der Waals surface area contributed by atoms with Gasteiger partial charge in [-0.15, -0.1) is 0 Å². The zero-order chi connectivity index (χ0) is 18.5. The van der Waals surface area contributed by atoms with Crippen LogP contribution in [-0.4, -0.2) is 27.2 Å². The number of hydrogen-bond donors (Lipinski definition) is 2. The molecular weight excluding hydrogens is 362 g/mol. The Morgan fingerprint density at radius 1 is 1.22 bits per heavy atom. The van der Waals surface area contributed by atoms with Gasteiger partial charge in [0.15, 0.2) is 5.88 Å². The van der Waals surface area contributed by atoms with E-state index in [0.717, 1.165) is 39.7 Å². The third-order valence-electron chi connectivity index (χ3n) is 5.87. The molecule has 27 heavy (non-hydrogen) atoms. The number of aliphatic carboxylic acids is 1. The molecule has 2 aliphatic heterocycles. The van der Waals surface area contributed by atoms with E-state index in [1.165, 1.54) is 36.6 Å². The molecule has 2 N–H and O–H groups in total. The molecule has 4 heterocycles. The second kappa shape index (κ2) is 6.37. The minimum atomic E-state index is -0.887. The Morgan fingerprint density at radius 2 is 2.04 bits per heavy atom. The normalized spacial score (nSPS) is 20.4. The quantitative estimate of drug-likeness (QED) is 0.820.